The average Bonchev–Trinajstić information content (AvgIpc) is 2.79. The Bertz CT molecular complexity index is 950. The van der Waals surface area contributed by atoms with E-state index >= 15 is 0 Å². The van der Waals surface area contributed by atoms with Gasteiger partial charge in [-0.15, -0.1) is 0 Å². The third-order valence-electron chi connectivity index (χ3n) is 6.18. The highest BCUT2D eigenvalue weighted by atomic mass is 16.6. The van der Waals surface area contributed by atoms with E-state index < -0.39 is 0 Å². The highest BCUT2D eigenvalue weighted by Gasteiger charge is 2.28. The van der Waals surface area contributed by atoms with Crippen molar-refractivity contribution in [1.82, 2.24) is 10.2 Å². The lowest BCUT2D eigenvalue weighted by atomic mass is 9.88. The van der Waals surface area contributed by atoms with Gasteiger partial charge in [0.1, 0.15) is 13.2 Å². The SMILES string of the molecule is Cc1ccccc1[C@@H](C)NC(=O)CN1CCC(C(=O)c2ccc3c(c2)OCCO3)CC1. The molecule has 0 aromatic heterocycles. The van der Waals surface area contributed by atoms with Crippen LogP contribution in [0.15, 0.2) is 42.5 Å². The van der Waals surface area contributed by atoms with Gasteiger partial charge in [0.05, 0.1) is 12.6 Å². The largest absolute Gasteiger partial charge is 0.486 e. The van der Waals surface area contributed by atoms with Crippen LogP contribution in [-0.4, -0.2) is 49.4 Å². The Balaban J connectivity index is 1.27. The number of Topliss-reactive ketones (excluding diaryl/α,β-unsaturated/α-hetero) is 1. The summed E-state index contributed by atoms with van der Waals surface area (Å²) in [6.45, 7) is 6.96. The molecule has 2 heterocycles. The number of ketones is 1. The number of nitrogens with zero attached hydrogens (tertiary/aromatic N) is 1. The van der Waals surface area contributed by atoms with Crippen LogP contribution in [0.4, 0.5) is 0 Å². The van der Waals surface area contributed by atoms with E-state index in [1.807, 2.05) is 31.2 Å². The Morgan fingerprint density at radius 1 is 1.06 bits per heavy atom. The van der Waals surface area contributed by atoms with Crippen molar-refractivity contribution in [2.75, 3.05) is 32.8 Å². The molecule has 0 radical (unpaired) electrons. The molecule has 0 saturated carbocycles. The number of aryl methyl sites for hydroxylation is 1. The van der Waals surface area contributed by atoms with E-state index in [0.29, 0.717) is 36.8 Å². The Morgan fingerprint density at radius 2 is 1.77 bits per heavy atom. The Labute approximate surface area is 183 Å². The van der Waals surface area contributed by atoms with Crippen LogP contribution in [0, 0.1) is 12.8 Å². The summed E-state index contributed by atoms with van der Waals surface area (Å²) in [5.41, 5.74) is 2.99. The first-order valence-electron chi connectivity index (χ1n) is 11.0. The van der Waals surface area contributed by atoms with E-state index in [0.717, 1.165) is 31.5 Å². The number of piperidine rings is 1. The van der Waals surface area contributed by atoms with E-state index in [2.05, 4.69) is 29.3 Å². The van der Waals surface area contributed by atoms with Crippen molar-refractivity contribution in [1.29, 1.82) is 0 Å². The molecule has 0 unspecified atom stereocenters. The van der Waals surface area contributed by atoms with Crippen molar-refractivity contribution in [2.45, 2.75) is 32.7 Å². The van der Waals surface area contributed by atoms with Crippen LogP contribution < -0.4 is 14.8 Å². The second kappa shape index (κ2) is 9.52. The predicted octanol–water partition coefficient (Wildman–Crippen LogP) is 3.54. The van der Waals surface area contributed by atoms with Gasteiger partial charge in [-0.3, -0.25) is 14.5 Å². The van der Waals surface area contributed by atoms with Crippen molar-refractivity contribution < 1.29 is 19.1 Å². The predicted molar refractivity (Wildman–Crippen MR) is 119 cm³/mol. The number of amides is 1. The molecule has 6 heteroatoms. The standard InChI is InChI=1S/C25H30N2O4/c1-17-5-3-4-6-21(17)18(2)26-24(28)16-27-11-9-19(10-12-27)25(29)20-7-8-22-23(15-20)31-14-13-30-22/h3-8,15,18-19H,9-14,16H2,1-2H3,(H,26,28)/t18-/m1/s1. The summed E-state index contributed by atoms with van der Waals surface area (Å²) in [6.07, 6.45) is 1.52. The van der Waals surface area contributed by atoms with Gasteiger partial charge >= 0.3 is 0 Å². The fraction of sp³-hybridized carbons (Fsp3) is 0.440. The zero-order valence-corrected chi connectivity index (χ0v) is 18.2. The monoisotopic (exact) mass is 422 g/mol. The summed E-state index contributed by atoms with van der Waals surface area (Å²) >= 11 is 0. The van der Waals surface area contributed by atoms with Crippen LogP contribution in [0.5, 0.6) is 11.5 Å². The molecular weight excluding hydrogens is 392 g/mol. The molecule has 1 saturated heterocycles. The van der Waals surface area contributed by atoms with Gasteiger partial charge in [0.15, 0.2) is 17.3 Å². The zero-order valence-electron chi connectivity index (χ0n) is 18.2. The number of benzene rings is 2. The van der Waals surface area contributed by atoms with E-state index in [4.69, 9.17) is 9.47 Å². The third-order valence-corrected chi connectivity index (χ3v) is 6.18. The van der Waals surface area contributed by atoms with Gasteiger partial charge in [0, 0.05) is 11.5 Å². The minimum absolute atomic E-state index is 0.0206. The quantitative estimate of drug-likeness (QED) is 0.722. The second-order valence-corrected chi connectivity index (χ2v) is 8.42. The lowest BCUT2D eigenvalue weighted by Gasteiger charge is -2.31. The first kappa shape index (κ1) is 21.4. The second-order valence-electron chi connectivity index (χ2n) is 8.42. The maximum Gasteiger partial charge on any atom is 0.234 e. The maximum absolute atomic E-state index is 13.0. The Morgan fingerprint density at radius 3 is 2.52 bits per heavy atom. The van der Waals surface area contributed by atoms with Crippen LogP contribution in [0.2, 0.25) is 0 Å². The normalized spacial score (nSPS) is 17.7. The molecule has 1 fully saturated rings. The molecule has 2 aromatic carbocycles. The van der Waals surface area contributed by atoms with Crippen LogP contribution in [0.3, 0.4) is 0 Å². The van der Waals surface area contributed by atoms with Crippen molar-refractivity contribution in [3.63, 3.8) is 0 Å². The fourth-order valence-electron chi connectivity index (χ4n) is 4.43. The molecule has 2 aliphatic rings. The molecule has 2 aromatic rings. The van der Waals surface area contributed by atoms with E-state index in [1.54, 1.807) is 6.07 Å². The van der Waals surface area contributed by atoms with Gasteiger partial charge in [0.25, 0.3) is 0 Å². The van der Waals surface area contributed by atoms with Gasteiger partial charge in [-0.1, -0.05) is 24.3 Å². The van der Waals surface area contributed by atoms with Gasteiger partial charge in [0.2, 0.25) is 5.91 Å². The third kappa shape index (κ3) is 5.07. The number of hydrogen-bond acceptors (Lipinski definition) is 5. The first-order valence-corrected chi connectivity index (χ1v) is 11.0. The van der Waals surface area contributed by atoms with E-state index in [-0.39, 0.29) is 23.7 Å². The number of fused-ring (bicyclic) bond motifs is 1. The summed E-state index contributed by atoms with van der Waals surface area (Å²) in [4.78, 5) is 27.6. The van der Waals surface area contributed by atoms with Crippen molar-refractivity contribution in [2.24, 2.45) is 5.92 Å². The van der Waals surface area contributed by atoms with Crippen molar-refractivity contribution >= 4 is 11.7 Å². The van der Waals surface area contributed by atoms with Crippen molar-refractivity contribution in [3.8, 4) is 11.5 Å². The summed E-state index contributed by atoms with van der Waals surface area (Å²) in [6, 6.07) is 13.5. The van der Waals surface area contributed by atoms with Crippen LogP contribution in [0.25, 0.3) is 0 Å². The molecule has 164 valence electrons. The van der Waals surface area contributed by atoms with Crippen LogP contribution in [0.1, 0.15) is 47.3 Å². The molecule has 1 atom stereocenters. The lowest BCUT2D eigenvalue weighted by molar-refractivity contribution is -0.123. The van der Waals surface area contributed by atoms with Crippen molar-refractivity contribution in [3.05, 3.63) is 59.2 Å². The average molecular weight is 423 g/mol. The van der Waals surface area contributed by atoms with E-state index in [9.17, 15) is 9.59 Å². The molecule has 0 spiro atoms. The molecule has 1 N–H and O–H groups in total. The van der Waals surface area contributed by atoms with Gasteiger partial charge in [-0.2, -0.15) is 0 Å². The summed E-state index contributed by atoms with van der Waals surface area (Å²) in [7, 11) is 0. The highest BCUT2D eigenvalue weighted by molar-refractivity contribution is 5.98. The molecule has 2 aliphatic heterocycles. The number of ether oxygens (including phenoxy) is 2. The summed E-state index contributed by atoms with van der Waals surface area (Å²) in [5, 5.41) is 3.10. The fourth-order valence-corrected chi connectivity index (χ4v) is 4.43. The number of carbonyl (C=O) groups is 2. The molecule has 0 bridgehead atoms. The molecule has 6 nitrogen and oxygen atoms in total. The number of carbonyl (C=O) groups excluding carboxylic acids is 2. The van der Waals surface area contributed by atoms with Gasteiger partial charge in [-0.25, -0.2) is 0 Å². The molecule has 0 aliphatic carbocycles. The summed E-state index contributed by atoms with van der Waals surface area (Å²) < 4.78 is 11.1. The Kier molecular flexibility index (Phi) is 6.56. The number of nitrogens with one attached hydrogen (secondary N) is 1. The first-order chi connectivity index (χ1) is 15.0. The lowest BCUT2D eigenvalue weighted by Crippen LogP contribution is -2.43. The Hall–Kier alpha value is -2.86. The van der Waals surface area contributed by atoms with Gasteiger partial charge < -0.3 is 14.8 Å². The van der Waals surface area contributed by atoms with E-state index in [1.165, 1.54) is 5.56 Å². The topological polar surface area (TPSA) is 67.9 Å². The molecular formula is C25H30N2O4. The van der Waals surface area contributed by atoms with Crippen LogP contribution in [-0.2, 0) is 4.79 Å². The minimum atomic E-state index is -0.0250. The highest BCUT2D eigenvalue weighted by Crippen LogP contribution is 2.32. The zero-order chi connectivity index (χ0) is 21.8. The minimum Gasteiger partial charge on any atom is -0.486 e. The number of hydrogen-bond donors (Lipinski definition) is 1. The maximum atomic E-state index is 13.0. The molecule has 4 rings (SSSR count). The number of rotatable bonds is 6. The molecule has 31 heavy (non-hydrogen) atoms. The smallest absolute Gasteiger partial charge is 0.234 e. The number of likely N-dealkylation sites (tertiary alicyclic amines) is 1. The summed E-state index contributed by atoms with van der Waals surface area (Å²) in [5.74, 6) is 1.49. The molecule has 1 amide bonds. The van der Waals surface area contributed by atoms with Crippen LogP contribution >= 0.6 is 0 Å². The van der Waals surface area contributed by atoms with Gasteiger partial charge in [-0.05, 0) is 69.1 Å².